The van der Waals surface area contributed by atoms with Crippen molar-refractivity contribution in [3.8, 4) is 11.3 Å². The first kappa shape index (κ1) is 9.15. The molecule has 0 fully saturated rings. The molecule has 0 amide bonds. The van der Waals surface area contributed by atoms with E-state index < -0.39 is 0 Å². The fourth-order valence-corrected chi connectivity index (χ4v) is 1.80. The van der Waals surface area contributed by atoms with E-state index in [4.69, 9.17) is 0 Å². The third-order valence-corrected chi connectivity index (χ3v) is 2.41. The molecule has 4 heteroatoms. The van der Waals surface area contributed by atoms with Crippen molar-refractivity contribution in [2.75, 3.05) is 11.9 Å². The summed E-state index contributed by atoms with van der Waals surface area (Å²) in [4.78, 5) is 0. The first-order valence-electron chi connectivity index (χ1n) is 4.53. The number of anilines is 1. The van der Waals surface area contributed by atoms with Crippen LogP contribution in [-0.4, -0.2) is 15.3 Å². The van der Waals surface area contributed by atoms with Crippen LogP contribution in [-0.2, 0) is 0 Å². The molecule has 0 spiro atoms. The van der Waals surface area contributed by atoms with E-state index in [9.17, 15) is 0 Å². The normalized spacial score (nSPS) is 10.1. The average molecular weight is 205 g/mol. The monoisotopic (exact) mass is 205 g/mol. The Morgan fingerprint density at radius 3 is 2.71 bits per heavy atom. The van der Waals surface area contributed by atoms with Gasteiger partial charge in [0.25, 0.3) is 0 Å². The van der Waals surface area contributed by atoms with E-state index in [2.05, 4.69) is 14.1 Å². The third kappa shape index (κ3) is 1.75. The molecule has 1 aromatic heterocycles. The fourth-order valence-electron chi connectivity index (χ4n) is 1.26. The van der Waals surface area contributed by atoms with E-state index in [0.29, 0.717) is 0 Å². The largest absolute Gasteiger partial charge is 0.368 e. The predicted octanol–water partition coefficient (Wildman–Crippen LogP) is 2.64. The molecule has 0 radical (unpaired) electrons. The Labute approximate surface area is 87.1 Å². The van der Waals surface area contributed by atoms with E-state index in [1.165, 1.54) is 11.7 Å². The van der Waals surface area contributed by atoms with Crippen LogP contribution in [0.3, 0.4) is 0 Å². The summed E-state index contributed by atoms with van der Waals surface area (Å²) < 4.78 is 8.47. The minimum Gasteiger partial charge on any atom is -0.368 e. The van der Waals surface area contributed by atoms with E-state index in [1.807, 2.05) is 37.3 Å². The Morgan fingerprint density at radius 1 is 1.21 bits per heavy atom. The highest BCUT2D eigenvalue weighted by atomic mass is 32.1. The van der Waals surface area contributed by atoms with Crippen molar-refractivity contribution in [2.24, 2.45) is 0 Å². The summed E-state index contributed by atoms with van der Waals surface area (Å²) in [6.07, 6.45) is 0. The standard InChI is InChI=1S/C10H11N3S/c1-2-11-10-9(12-14-13-10)8-6-4-3-5-7-8/h3-7H,2H2,1H3,(H,11,13). The lowest BCUT2D eigenvalue weighted by molar-refractivity contribution is 1.19. The maximum absolute atomic E-state index is 4.27. The second-order valence-corrected chi connectivity index (χ2v) is 3.39. The Hall–Kier alpha value is -1.42. The first-order valence-corrected chi connectivity index (χ1v) is 5.26. The summed E-state index contributed by atoms with van der Waals surface area (Å²) in [6, 6.07) is 10.1. The van der Waals surface area contributed by atoms with Gasteiger partial charge in [-0.1, -0.05) is 30.3 Å². The minimum atomic E-state index is 0.866. The zero-order chi connectivity index (χ0) is 9.80. The summed E-state index contributed by atoms with van der Waals surface area (Å²) in [5.74, 6) is 0.878. The van der Waals surface area contributed by atoms with Crippen LogP contribution in [0, 0.1) is 0 Å². The number of rotatable bonds is 3. The molecule has 2 rings (SSSR count). The molecule has 3 nitrogen and oxygen atoms in total. The lowest BCUT2D eigenvalue weighted by Gasteiger charge is -2.01. The van der Waals surface area contributed by atoms with Gasteiger partial charge in [-0.2, -0.15) is 8.75 Å². The summed E-state index contributed by atoms with van der Waals surface area (Å²) in [5, 5.41) is 3.19. The topological polar surface area (TPSA) is 37.8 Å². The molecule has 0 bridgehead atoms. The van der Waals surface area contributed by atoms with E-state index in [1.54, 1.807) is 0 Å². The third-order valence-electron chi connectivity index (χ3n) is 1.88. The SMILES string of the molecule is CCNc1nsnc1-c1ccccc1. The highest BCUT2D eigenvalue weighted by molar-refractivity contribution is 6.99. The first-order chi connectivity index (χ1) is 6.92. The molecule has 2 aromatic rings. The van der Waals surface area contributed by atoms with Gasteiger partial charge in [-0.15, -0.1) is 0 Å². The van der Waals surface area contributed by atoms with Crippen LogP contribution in [0.25, 0.3) is 11.3 Å². The lowest BCUT2D eigenvalue weighted by Crippen LogP contribution is -1.98. The lowest BCUT2D eigenvalue weighted by atomic mass is 10.1. The van der Waals surface area contributed by atoms with Crippen LogP contribution in [0.1, 0.15) is 6.92 Å². The molecule has 0 aliphatic heterocycles. The van der Waals surface area contributed by atoms with Crippen molar-refractivity contribution in [1.82, 2.24) is 8.75 Å². The van der Waals surface area contributed by atoms with Crippen molar-refractivity contribution in [1.29, 1.82) is 0 Å². The second kappa shape index (κ2) is 4.19. The highest BCUT2D eigenvalue weighted by Gasteiger charge is 2.08. The minimum absolute atomic E-state index is 0.866. The Kier molecular flexibility index (Phi) is 2.74. The molecular formula is C10H11N3S. The number of hydrogen-bond acceptors (Lipinski definition) is 4. The number of aromatic nitrogens is 2. The van der Waals surface area contributed by atoms with Crippen LogP contribution in [0.2, 0.25) is 0 Å². The van der Waals surface area contributed by atoms with Crippen molar-refractivity contribution in [3.63, 3.8) is 0 Å². The molecule has 0 atom stereocenters. The van der Waals surface area contributed by atoms with Gasteiger partial charge in [0.15, 0.2) is 5.82 Å². The van der Waals surface area contributed by atoms with Crippen molar-refractivity contribution < 1.29 is 0 Å². The molecule has 0 saturated carbocycles. The van der Waals surface area contributed by atoms with Gasteiger partial charge in [0.05, 0.1) is 11.7 Å². The highest BCUT2D eigenvalue weighted by Crippen LogP contribution is 2.24. The number of nitrogens with zero attached hydrogens (tertiary/aromatic N) is 2. The van der Waals surface area contributed by atoms with E-state index in [-0.39, 0.29) is 0 Å². The molecule has 14 heavy (non-hydrogen) atoms. The predicted molar refractivity (Wildman–Crippen MR) is 59.5 cm³/mol. The van der Waals surface area contributed by atoms with Gasteiger partial charge in [0, 0.05) is 12.1 Å². The van der Waals surface area contributed by atoms with Crippen LogP contribution < -0.4 is 5.32 Å². The fraction of sp³-hybridized carbons (Fsp3) is 0.200. The van der Waals surface area contributed by atoms with E-state index in [0.717, 1.165) is 23.6 Å². The van der Waals surface area contributed by atoms with Gasteiger partial charge >= 0.3 is 0 Å². The molecule has 72 valence electrons. The van der Waals surface area contributed by atoms with Crippen molar-refractivity contribution >= 4 is 17.5 Å². The van der Waals surface area contributed by atoms with Crippen LogP contribution in [0.15, 0.2) is 30.3 Å². The summed E-state index contributed by atoms with van der Waals surface area (Å²) >= 11 is 1.24. The van der Waals surface area contributed by atoms with E-state index >= 15 is 0 Å². The van der Waals surface area contributed by atoms with Gasteiger partial charge in [0.1, 0.15) is 5.69 Å². The summed E-state index contributed by atoms with van der Waals surface area (Å²) in [7, 11) is 0. The molecule has 0 saturated heterocycles. The maximum Gasteiger partial charge on any atom is 0.168 e. The van der Waals surface area contributed by atoms with Gasteiger partial charge in [-0.3, -0.25) is 0 Å². The van der Waals surface area contributed by atoms with Gasteiger partial charge in [-0.05, 0) is 6.92 Å². The number of hydrogen-bond donors (Lipinski definition) is 1. The van der Waals surface area contributed by atoms with Gasteiger partial charge < -0.3 is 5.32 Å². The quantitative estimate of drug-likeness (QED) is 0.837. The van der Waals surface area contributed by atoms with Gasteiger partial charge in [0.2, 0.25) is 0 Å². The van der Waals surface area contributed by atoms with Crippen molar-refractivity contribution in [3.05, 3.63) is 30.3 Å². The smallest absolute Gasteiger partial charge is 0.168 e. The molecular weight excluding hydrogens is 194 g/mol. The maximum atomic E-state index is 4.27. The Bertz CT molecular complexity index is 397. The molecule has 0 aliphatic rings. The second-order valence-electron chi connectivity index (χ2n) is 2.86. The molecule has 1 N–H and O–H groups in total. The van der Waals surface area contributed by atoms with Crippen LogP contribution in [0.5, 0.6) is 0 Å². The molecule has 1 aromatic carbocycles. The zero-order valence-electron chi connectivity index (χ0n) is 7.90. The Morgan fingerprint density at radius 2 is 2.00 bits per heavy atom. The summed E-state index contributed by atoms with van der Waals surface area (Å²) in [5.41, 5.74) is 2.05. The Balaban J connectivity index is 2.37. The number of benzene rings is 1. The van der Waals surface area contributed by atoms with Crippen LogP contribution in [0.4, 0.5) is 5.82 Å². The molecule has 0 aliphatic carbocycles. The zero-order valence-corrected chi connectivity index (χ0v) is 8.71. The summed E-state index contributed by atoms with van der Waals surface area (Å²) in [6.45, 7) is 2.92. The van der Waals surface area contributed by atoms with Gasteiger partial charge in [-0.25, -0.2) is 0 Å². The van der Waals surface area contributed by atoms with Crippen molar-refractivity contribution in [2.45, 2.75) is 6.92 Å². The van der Waals surface area contributed by atoms with Crippen LogP contribution >= 0.6 is 11.7 Å². The average Bonchev–Trinajstić information content (AvgIpc) is 2.68. The molecule has 1 heterocycles. The number of nitrogens with one attached hydrogen (secondary N) is 1. The molecule has 0 unspecified atom stereocenters.